The Labute approximate surface area is 59.6 Å². The van der Waals surface area contributed by atoms with Crippen LogP contribution in [0.2, 0.25) is 0 Å². The predicted molar refractivity (Wildman–Crippen MR) is 35.3 cm³/mol. The summed E-state index contributed by atoms with van der Waals surface area (Å²) in [5, 5.41) is 2.39. The van der Waals surface area contributed by atoms with Crippen LogP contribution < -0.4 is 5.32 Å². The number of nitrogens with one attached hydrogen (secondary N) is 1. The number of ketones is 1. The van der Waals surface area contributed by atoms with E-state index in [0.717, 1.165) is 0 Å². The molecule has 0 unspecified atom stereocenters. The number of carbonyl (C=O) groups is 2. The third-order valence-electron chi connectivity index (χ3n) is 0.729. The van der Waals surface area contributed by atoms with Crippen molar-refractivity contribution in [2.45, 2.75) is 13.8 Å². The van der Waals surface area contributed by atoms with Gasteiger partial charge in [0.1, 0.15) is 13.3 Å². The minimum absolute atomic E-state index is 0.0506. The highest BCUT2D eigenvalue weighted by Gasteiger charge is 1.92. The second kappa shape index (κ2) is 4.93. The van der Waals surface area contributed by atoms with Crippen molar-refractivity contribution in [2.75, 3.05) is 13.3 Å². The van der Waals surface area contributed by atoms with E-state index in [0.29, 0.717) is 0 Å². The number of hydrogen-bond donors (Lipinski definition) is 1. The van der Waals surface area contributed by atoms with Gasteiger partial charge in [0.25, 0.3) is 0 Å². The van der Waals surface area contributed by atoms with E-state index in [1.54, 1.807) is 0 Å². The number of hydrogen-bond acceptors (Lipinski definition) is 3. The molecule has 10 heavy (non-hydrogen) atoms. The highest BCUT2D eigenvalue weighted by atomic mass is 16.5. The average Bonchev–Trinajstić information content (AvgIpc) is 1.79. The number of rotatable bonds is 4. The first-order valence-electron chi connectivity index (χ1n) is 2.94. The molecule has 4 heteroatoms. The third-order valence-corrected chi connectivity index (χ3v) is 0.729. The average molecular weight is 145 g/mol. The lowest BCUT2D eigenvalue weighted by Gasteiger charge is -2.00. The molecule has 1 N–H and O–H groups in total. The number of amides is 1. The summed E-state index contributed by atoms with van der Waals surface area (Å²) in [4.78, 5) is 20.5. The van der Waals surface area contributed by atoms with Crippen LogP contribution in [0.4, 0.5) is 0 Å². The van der Waals surface area contributed by atoms with Crippen LogP contribution >= 0.6 is 0 Å². The largest absolute Gasteiger partial charge is 0.354 e. The molecule has 0 aliphatic rings. The van der Waals surface area contributed by atoms with E-state index >= 15 is 0 Å². The SMILES string of the molecule is CC(=O)COCNC(C)=O. The van der Waals surface area contributed by atoms with Gasteiger partial charge in [0.15, 0.2) is 5.78 Å². The van der Waals surface area contributed by atoms with Gasteiger partial charge in [0, 0.05) is 6.92 Å². The van der Waals surface area contributed by atoms with E-state index in [1.165, 1.54) is 13.8 Å². The lowest BCUT2D eigenvalue weighted by Crippen LogP contribution is -2.24. The van der Waals surface area contributed by atoms with Crippen molar-refractivity contribution in [3.63, 3.8) is 0 Å². The van der Waals surface area contributed by atoms with E-state index < -0.39 is 0 Å². The van der Waals surface area contributed by atoms with Gasteiger partial charge >= 0.3 is 0 Å². The first-order chi connectivity index (χ1) is 4.63. The second-order valence-corrected chi connectivity index (χ2v) is 1.93. The quantitative estimate of drug-likeness (QED) is 0.436. The van der Waals surface area contributed by atoms with Crippen LogP contribution in [0.5, 0.6) is 0 Å². The molecule has 0 saturated carbocycles. The molecular formula is C6H11NO3. The summed E-state index contributed by atoms with van der Waals surface area (Å²) in [5.41, 5.74) is 0. The molecule has 0 atom stereocenters. The first-order valence-corrected chi connectivity index (χ1v) is 2.94. The maximum Gasteiger partial charge on any atom is 0.218 e. The lowest BCUT2D eigenvalue weighted by molar-refractivity contribution is -0.125. The van der Waals surface area contributed by atoms with Crippen molar-refractivity contribution < 1.29 is 14.3 Å². The Hall–Kier alpha value is -0.900. The molecule has 0 aromatic rings. The Morgan fingerprint density at radius 1 is 1.40 bits per heavy atom. The van der Waals surface area contributed by atoms with Crippen LogP contribution in [-0.4, -0.2) is 25.0 Å². The Morgan fingerprint density at radius 2 is 2.00 bits per heavy atom. The molecule has 4 nitrogen and oxygen atoms in total. The Bertz CT molecular complexity index is 117. The van der Waals surface area contributed by atoms with E-state index in [2.05, 4.69) is 5.32 Å². The minimum atomic E-state index is -0.163. The summed E-state index contributed by atoms with van der Waals surface area (Å²) < 4.78 is 4.72. The lowest BCUT2D eigenvalue weighted by atomic mass is 10.5. The Morgan fingerprint density at radius 3 is 2.40 bits per heavy atom. The van der Waals surface area contributed by atoms with Crippen LogP contribution in [0.3, 0.4) is 0 Å². The van der Waals surface area contributed by atoms with Crippen molar-refractivity contribution in [1.29, 1.82) is 0 Å². The number of carbonyl (C=O) groups excluding carboxylic acids is 2. The summed E-state index contributed by atoms with van der Waals surface area (Å²) in [6.45, 7) is 2.97. The molecule has 0 bridgehead atoms. The Kier molecular flexibility index (Phi) is 4.49. The fourth-order valence-corrected chi connectivity index (χ4v) is 0.347. The minimum Gasteiger partial charge on any atom is -0.354 e. The van der Waals surface area contributed by atoms with Crippen LogP contribution in [0.25, 0.3) is 0 Å². The topological polar surface area (TPSA) is 55.4 Å². The van der Waals surface area contributed by atoms with E-state index in [9.17, 15) is 9.59 Å². The van der Waals surface area contributed by atoms with Crippen molar-refractivity contribution in [3.05, 3.63) is 0 Å². The summed E-state index contributed by atoms with van der Waals surface area (Å²) in [7, 11) is 0. The number of ether oxygens (including phenoxy) is 1. The Balaban J connectivity index is 3.06. The normalized spacial score (nSPS) is 9.00. The summed E-state index contributed by atoms with van der Waals surface area (Å²) in [5.74, 6) is -0.214. The first kappa shape index (κ1) is 9.10. The zero-order chi connectivity index (χ0) is 7.98. The maximum absolute atomic E-state index is 10.3. The number of Topliss-reactive ketones (excluding diaryl/α,β-unsaturated/α-hetero) is 1. The van der Waals surface area contributed by atoms with Gasteiger partial charge in [-0.15, -0.1) is 0 Å². The van der Waals surface area contributed by atoms with Gasteiger partial charge in [-0.05, 0) is 6.92 Å². The molecule has 0 rings (SSSR count). The smallest absolute Gasteiger partial charge is 0.218 e. The summed E-state index contributed by atoms with van der Waals surface area (Å²) >= 11 is 0. The molecule has 0 aliphatic heterocycles. The molecule has 0 saturated heterocycles. The molecule has 0 radical (unpaired) electrons. The molecular weight excluding hydrogens is 134 g/mol. The molecule has 58 valence electrons. The van der Waals surface area contributed by atoms with Gasteiger partial charge in [-0.25, -0.2) is 0 Å². The van der Waals surface area contributed by atoms with Gasteiger partial charge in [0.2, 0.25) is 5.91 Å². The van der Waals surface area contributed by atoms with Crippen molar-refractivity contribution in [3.8, 4) is 0 Å². The van der Waals surface area contributed by atoms with Crippen molar-refractivity contribution >= 4 is 11.7 Å². The van der Waals surface area contributed by atoms with Gasteiger partial charge < -0.3 is 10.1 Å². The molecule has 0 spiro atoms. The van der Waals surface area contributed by atoms with E-state index in [4.69, 9.17) is 4.74 Å². The van der Waals surface area contributed by atoms with Gasteiger partial charge in [-0.1, -0.05) is 0 Å². The molecule has 1 amide bonds. The zero-order valence-electron chi connectivity index (χ0n) is 6.14. The van der Waals surface area contributed by atoms with Gasteiger partial charge in [-0.3, -0.25) is 9.59 Å². The molecule has 0 aliphatic carbocycles. The third kappa shape index (κ3) is 7.10. The molecule has 0 heterocycles. The highest BCUT2D eigenvalue weighted by Crippen LogP contribution is 1.72. The highest BCUT2D eigenvalue weighted by molar-refractivity contribution is 5.76. The standard InChI is InChI=1S/C6H11NO3/c1-5(8)3-10-4-7-6(2)9/h3-4H2,1-2H3,(H,7,9). The second-order valence-electron chi connectivity index (χ2n) is 1.93. The monoisotopic (exact) mass is 145 g/mol. The van der Waals surface area contributed by atoms with Crippen LogP contribution in [0.15, 0.2) is 0 Å². The summed E-state index contributed by atoms with van der Waals surface area (Å²) in [6, 6.07) is 0. The van der Waals surface area contributed by atoms with Crippen LogP contribution in [0, 0.1) is 0 Å². The van der Waals surface area contributed by atoms with Crippen molar-refractivity contribution in [1.82, 2.24) is 5.32 Å². The summed E-state index contributed by atoms with van der Waals surface area (Å²) in [6.07, 6.45) is 0. The van der Waals surface area contributed by atoms with Gasteiger partial charge in [-0.2, -0.15) is 0 Å². The fourth-order valence-electron chi connectivity index (χ4n) is 0.347. The molecule has 0 aromatic carbocycles. The fraction of sp³-hybridized carbons (Fsp3) is 0.667. The molecule has 0 fully saturated rings. The predicted octanol–water partition coefficient (Wildman–Crippen LogP) is -0.314. The van der Waals surface area contributed by atoms with Gasteiger partial charge in [0.05, 0.1) is 0 Å². The van der Waals surface area contributed by atoms with E-state index in [1.807, 2.05) is 0 Å². The molecule has 0 aromatic heterocycles. The van der Waals surface area contributed by atoms with Crippen molar-refractivity contribution in [2.24, 2.45) is 0 Å². The zero-order valence-corrected chi connectivity index (χ0v) is 6.14. The van der Waals surface area contributed by atoms with Crippen LogP contribution in [-0.2, 0) is 14.3 Å². The van der Waals surface area contributed by atoms with Crippen LogP contribution in [0.1, 0.15) is 13.8 Å². The maximum atomic E-state index is 10.3. The van der Waals surface area contributed by atoms with E-state index in [-0.39, 0.29) is 25.0 Å².